The van der Waals surface area contributed by atoms with Gasteiger partial charge in [-0.1, -0.05) is 0 Å². The number of nitrogen functional groups attached to an aromatic ring is 1. The summed E-state index contributed by atoms with van der Waals surface area (Å²) >= 11 is 5.22. The first kappa shape index (κ1) is 31.0. The van der Waals surface area contributed by atoms with E-state index in [1.54, 1.807) is 23.0 Å². The lowest BCUT2D eigenvalue weighted by Crippen LogP contribution is -2.39. The van der Waals surface area contributed by atoms with E-state index in [0.29, 0.717) is 16.9 Å². The SMILES string of the molecule is Nc1nc2c(ncn2[C@@H]2O[C@@H]3COP(=O)(O)O[C@H]4[C@@H](O)[C@H](n5cnc6nc7nccn7c6c5)O[C@@H]4COP(O)(=S)O[C@H]3[C@H]2O)c(=O)[nH]1. The molecule has 8 rings (SSSR count). The van der Waals surface area contributed by atoms with Crippen LogP contribution in [-0.2, 0) is 43.9 Å². The Labute approximate surface area is 265 Å². The van der Waals surface area contributed by atoms with Crippen LogP contribution in [0, 0.1) is 0 Å². The van der Waals surface area contributed by atoms with Crippen molar-refractivity contribution >= 4 is 60.4 Å². The molecule has 47 heavy (non-hydrogen) atoms. The number of aromatic nitrogens is 9. The Hall–Kier alpha value is -3.28. The van der Waals surface area contributed by atoms with Crippen LogP contribution in [-0.4, -0.2) is 113 Å². The van der Waals surface area contributed by atoms with Gasteiger partial charge in [-0.15, -0.1) is 0 Å². The van der Waals surface area contributed by atoms with Gasteiger partial charge in [-0.3, -0.25) is 32.3 Å². The minimum Gasteiger partial charge on any atom is -0.386 e. The predicted molar refractivity (Wildman–Crippen MR) is 157 cm³/mol. The molecular weight excluding hydrogens is 690 g/mol. The van der Waals surface area contributed by atoms with Crippen molar-refractivity contribution in [2.45, 2.75) is 49.1 Å². The number of ether oxygens (including phenoxy) is 2. The Kier molecular flexibility index (Phi) is 7.35. The Morgan fingerprint density at radius 2 is 1.70 bits per heavy atom. The molecule has 10 atom stereocenters. The number of nitrogens with two attached hydrogens (primary N) is 1. The largest absolute Gasteiger partial charge is 0.472 e. The predicted octanol–water partition coefficient (Wildman–Crippen LogP) is -1.55. The lowest BCUT2D eigenvalue weighted by atomic mass is 10.1. The number of nitrogens with one attached hydrogen (secondary N) is 1. The third-order valence-electron chi connectivity index (χ3n) is 7.85. The van der Waals surface area contributed by atoms with Gasteiger partial charge in [0, 0.05) is 18.6 Å². The monoisotopic (exact) mass is 714 g/mol. The van der Waals surface area contributed by atoms with Crippen LogP contribution in [0.15, 0.2) is 36.0 Å². The normalized spacial score (nSPS) is 36.8. The van der Waals surface area contributed by atoms with Crippen molar-refractivity contribution in [3.8, 4) is 0 Å². The maximum Gasteiger partial charge on any atom is 0.472 e. The molecular formula is C22H24N10O12P2S. The summed E-state index contributed by atoms with van der Waals surface area (Å²) in [6.45, 7) is -5.53. The number of nitrogens with zero attached hydrogens (tertiary/aromatic N) is 8. The van der Waals surface area contributed by atoms with Crippen LogP contribution in [0.2, 0.25) is 0 Å². The zero-order valence-electron chi connectivity index (χ0n) is 23.4. The molecule has 3 aliphatic rings. The summed E-state index contributed by atoms with van der Waals surface area (Å²) < 4.78 is 51.1. The summed E-state index contributed by atoms with van der Waals surface area (Å²) in [6.07, 6.45) is -4.15. The second-order valence-corrected chi connectivity index (χ2v) is 15.0. The first-order valence-corrected chi connectivity index (χ1v) is 17.8. The van der Waals surface area contributed by atoms with Crippen LogP contribution < -0.4 is 11.3 Å². The fraction of sp³-hybridized carbons (Fsp3) is 0.455. The average Bonchev–Trinajstić information content (AvgIpc) is 3.82. The zero-order valence-corrected chi connectivity index (χ0v) is 26.0. The third kappa shape index (κ3) is 5.38. The molecule has 3 aliphatic heterocycles. The van der Waals surface area contributed by atoms with E-state index in [2.05, 4.69) is 29.9 Å². The zero-order chi connectivity index (χ0) is 32.8. The van der Waals surface area contributed by atoms with Gasteiger partial charge >= 0.3 is 14.5 Å². The first-order chi connectivity index (χ1) is 22.4. The maximum absolute atomic E-state index is 13.2. The molecule has 0 spiro atoms. The molecule has 0 radical (unpaired) electrons. The van der Waals surface area contributed by atoms with Gasteiger partial charge in [0.15, 0.2) is 29.3 Å². The van der Waals surface area contributed by atoms with E-state index in [4.69, 9.17) is 45.1 Å². The Bertz CT molecular complexity index is 2170. The number of H-pyrrole nitrogens is 1. The molecule has 0 aliphatic carbocycles. The molecule has 0 aromatic carbocycles. The van der Waals surface area contributed by atoms with E-state index in [1.807, 2.05) is 0 Å². The molecule has 2 unspecified atom stereocenters. The lowest BCUT2D eigenvalue weighted by Gasteiger charge is -2.29. The highest BCUT2D eigenvalue weighted by Gasteiger charge is 2.53. The number of hydrogen-bond donors (Lipinski definition) is 6. The van der Waals surface area contributed by atoms with Gasteiger partial charge in [0.25, 0.3) is 5.56 Å². The highest BCUT2D eigenvalue weighted by molar-refractivity contribution is 8.07. The topological polar surface area (TPSA) is 291 Å². The van der Waals surface area contributed by atoms with Gasteiger partial charge in [-0.05, 0) is 11.8 Å². The minimum atomic E-state index is -4.98. The summed E-state index contributed by atoms with van der Waals surface area (Å²) in [7, 11) is -4.98. The van der Waals surface area contributed by atoms with E-state index in [-0.39, 0.29) is 17.1 Å². The lowest BCUT2D eigenvalue weighted by molar-refractivity contribution is -0.0634. The number of imidazole rings is 3. The number of phosphoric acid groups is 1. The number of aliphatic hydroxyl groups excluding tert-OH is 2. The van der Waals surface area contributed by atoms with Crippen molar-refractivity contribution in [1.29, 1.82) is 0 Å². The number of fused-ring (bicyclic) bond motifs is 6. The van der Waals surface area contributed by atoms with Gasteiger partial charge in [-0.25, -0.2) is 19.5 Å². The highest BCUT2D eigenvalue weighted by Crippen LogP contribution is 2.53. The van der Waals surface area contributed by atoms with E-state index in [9.17, 15) is 29.4 Å². The summed E-state index contributed by atoms with van der Waals surface area (Å²) in [5.74, 6) is 0.176. The van der Waals surface area contributed by atoms with E-state index in [0.717, 1.165) is 6.33 Å². The standard InChI is InChI=1S/C22H24N10O12P2S/c23-21-28-17-11(18(35)29-21)25-7-32(17)20-13(34)15-9(42-20)4-39-45(36,37)43-14-10(5-40-46(38,47)44-15)41-19(12(14)33)30-3-8-16(26-6-30)27-22-24-1-2-31(8)22/h1-3,6-7,9-10,12-15,19-20,33-34H,4-5H2,(H,36,37)(H,38,47)(H3,23,28,29,35)/t9-,10-,12-,13-,14-,15-,19-,20-,46?/m1/s1. The van der Waals surface area contributed by atoms with Crippen LogP contribution in [0.5, 0.6) is 0 Å². The number of hydrogen-bond acceptors (Lipinski definition) is 17. The summed E-state index contributed by atoms with van der Waals surface area (Å²) in [4.78, 5) is 57.0. The fourth-order valence-electron chi connectivity index (χ4n) is 5.75. The number of aliphatic hydroxyl groups is 2. The number of phosphoric ester groups is 1. The van der Waals surface area contributed by atoms with Crippen molar-refractivity contribution in [3.05, 3.63) is 41.6 Å². The Morgan fingerprint density at radius 1 is 0.979 bits per heavy atom. The first-order valence-electron chi connectivity index (χ1n) is 13.7. The van der Waals surface area contributed by atoms with Crippen molar-refractivity contribution in [1.82, 2.24) is 43.4 Å². The highest BCUT2D eigenvalue weighted by atomic mass is 32.5. The second kappa shape index (κ2) is 11.1. The fourth-order valence-corrected chi connectivity index (χ4v) is 8.16. The quantitative estimate of drug-likeness (QED) is 0.113. The maximum atomic E-state index is 13.2. The van der Waals surface area contributed by atoms with Crippen molar-refractivity contribution < 1.29 is 52.1 Å². The van der Waals surface area contributed by atoms with Crippen LogP contribution in [0.3, 0.4) is 0 Å². The van der Waals surface area contributed by atoms with Crippen LogP contribution in [0.4, 0.5) is 5.95 Å². The van der Waals surface area contributed by atoms with Crippen LogP contribution in [0.1, 0.15) is 12.5 Å². The molecule has 7 N–H and O–H groups in total. The Balaban J connectivity index is 1.07. The molecule has 8 heterocycles. The number of rotatable bonds is 2. The van der Waals surface area contributed by atoms with E-state index >= 15 is 0 Å². The number of anilines is 1. The average molecular weight is 715 g/mol. The van der Waals surface area contributed by atoms with E-state index < -0.39 is 82.4 Å². The Morgan fingerprint density at radius 3 is 2.51 bits per heavy atom. The van der Waals surface area contributed by atoms with Crippen LogP contribution >= 0.6 is 14.5 Å². The van der Waals surface area contributed by atoms with Gasteiger partial charge in [0.1, 0.15) is 42.1 Å². The van der Waals surface area contributed by atoms with Crippen LogP contribution in [0.25, 0.3) is 28.1 Å². The molecule has 3 fully saturated rings. The molecule has 0 saturated carbocycles. The second-order valence-electron chi connectivity index (χ2n) is 10.8. The molecule has 25 heteroatoms. The van der Waals surface area contributed by atoms with E-state index in [1.165, 1.54) is 15.5 Å². The van der Waals surface area contributed by atoms with Crippen molar-refractivity contribution in [3.63, 3.8) is 0 Å². The van der Waals surface area contributed by atoms with Crippen molar-refractivity contribution in [2.75, 3.05) is 18.9 Å². The summed E-state index contributed by atoms with van der Waals surface area (Å²) in [6, 6.07) is 0. The summed E-state index contributed by atoms with van der Waals surface area (Å²) in [5.41, 5.74) is 5.78. The molecule has 22 nitrogen and oxygen atoms in total. The third-order valence-corrected chi connectivity index (χ3v) is 10.4. The molecule has 3 saturated heterocycles. The molecule has 5 aromatic heterocycles. The van der Waals surface area contributed by atoms with Gasteiger partial charge in [0.05, 0.1) is 25.9 Å². The minimum absolute atomic E-state index is 0.0470. The van der Waals surface area contributed by atoms with Gasteiger partial charge in [-0.2, -0.15) is 9.97 Å². The molecule has 0 bridgehead atoms. The molecule has 0 amide bonds. The van der Waals surface area contributed by atoms with Gasteiger partial charge < -0.3 is 44.3 Å². The summed E-state index contributed by atoms with van der Waals surface area (Å²) in [5, 5.41) is 22.5. The van der Waals surface area contributed by atoms with Gasteiger partial charge in [0.2, 0.25) is 11.7 Å². The molecule has 250 valence electrons. The smallest absolute Gasteiger partial charge is 0.386 e. The number of aromatic amines is 1. The molecule has 5 aromatic rings. The van der Waals surface area contributed by atoms with Crippen molar-refractivity contribution in [2.24, 2.45) is 0 Å².